The van der Waals surface area contributed by atoms with Gasteiger partial charge in [0.1, 0.15) is 6.29 Å². The lowest BCUT2D eigenvalue weighted by molar-refractivity contribution is 0.112. The smallest absolute Gasteiger partial charge is 0.423 e. The van der Waals surface area contributed by atoms with E-state index in [2.05, 4.69) is 22.6 Å². The summed E-state index contributed by atoms with van der Waals surface area (Å²) in [5.41, 5.74) is 0.907. The van der Waals surface area contributed by atoms with Gasteiger partial charge in [-0.25, -0.2) is 8.42 Å². The van der Waals surface area contributed by atoms with Crippen molar-refractivity contribution in [2.24, 2.45) is 0 Å². The van der Waals surface area contributed by atoms with E-state index in [1.807, 2.05) is 12.1 Å². The van der Waals surface area contributed by atoms with Crippen molar-refractivity contribution in [3.05, 3.63) is 57.7 Å². The molecule has 27 heavy (non-hydrogen) atoms. The number of piperidine rings is 1. The molecule has 0 saturated carbocycles. The number of aldehydes is 1. The van der Waals surface area contributed by atoms with Crippen LogP contribution in [-0.2, 0) is 10.0 Å². The predicted molar refractivity (Wildman–Crippen MR) is 113 cm³/mol. The molecule has 0 amide bonds. The number of halogens is 1. The molecule has 0 radical (unpaired) electrons. The summed E-state index contributed by atoms with van der Waals surface area (Å²) in [5, 5.41) is 17.3. The molecule has 0 spiro atoms. The minimum absolute atomic E-state index is 0.385. The Kier molecular flexibility index (Phi) is 8.42. The Labute approximate surface area is 173 Å². The lowest BCUT2D eigenvalue weighted by Gasteiger charge is -2.25. The standard InChI is InChI=1S/C11H14INO2S.C7H7BO3/c12-10-4-6-11(7-5-10)16(14,15)13-8-2-1-3-9-13;9-5-6-1-3-7(4-2-6)8(10)11/h4-7H,1-3,8-9H2;1-5,10-11H. The highest BCUT2D eigenvalue weighted by molar-refractivity contribution is 14.1. The van der Waals surface area contributed by atoms with Gasteiger partial charge in [-0.05, 0) is 65.2 Å². The number of nitrogens with zero attached hydrogens (tertiary/aromatic N) is 1. The first-order valence-electron chi connectivity index (χ1n) is 8.51. The van der Waals surface area contributed by atoms with Crippen LogP contribution in [0.15, 0.2) is 53.4 Å². The summed E-state index contributed by atoms with van der Waals surface area (Å²) >= 11 is 2.17. The van der Waals surface area contributed by atoms with Crippen LogP contribution in [0.4, 0.5) is 0 Å². The fraction of sp³-hybridized carbons (Fsp3) is 0.278. The molecule has 9 heteroatoms. The van der Waals surface area contributed by atoms with Crippen LogP contribution >= 0.6 is 22.6 Å². The summed E-state index contributed by atoms with van der Waals surface area (Å²) in [7, 11) is -4.71. The van der Waals surface area contributed by atoms with Crippen LogP contribution in [0.1, 0.15) is 29.6 Å². The van der Waals surface area contributed by atoms with Gasteiger partial charge in [0, 0.05) is 22.2 Å². The molecule has 1 saturated heterocycles. The van der Waals surface area contributed by atoms with Crippen molar-refractivity contribution >= 4 is 51.5 Å². The van der Waals surface area contributed by atoms with Crippen LogP contribution < -0.4 is 5.46 Å². The molecule has 2 aromatic rings. The van der Waals surface area contributed by atoms with Gasteiger partial charge in [0.05, 0.1) is 4.90 Å². The first-order chi connectivity index (χ1) is 12.8. The highest BCUT2D eigenvalue weighted by Gasteiger charge is 2.25. The van der Waals surface area contributed by atoms with Gasteiger partial charge in [0.15, 0.2) is 0 Å². The predicted octanol–water partition coefficient (Wildman–Crippen LogP) is 1.64. The number of rotatable bonds is 4. The average molecular weight is 501 g/mol. The number of hydrogen-bond donors (Lipinski definition) is 2. The Hall–Kier alpha value is -1.27. The third-order valence-corrected chi connectivity index (χ3v) is 6.77. The molecule has 2 N–H and O–H groups in total. The van der Waals surface area contributed by atoms with E-state index >= 15 is 0 Å². The van der Waals surface area contributed by atoms with Crippen LogP contribution in [-0.4, -0.2) is 49.3 Å². The molecule has 3 rings (SSSR count). The maximum absolute atomic E-state index is 12.2. The quantitative estimate of drug-likeness (QED) is 0.378. The molecule has 1 heterocycles. The topological polar surface area (TPSA) is 94.9 Å². The zero-order valence-corrected chi connectivity index (χ0v) is 17.6. The maximum Gasteiger partial charge on any atom is 0.488 e. The molecule has 1 fully saturated rings. The molecule has 0 atom stereocenters. The number of carbonyl (C=O) groups excluding carboxylic acids is 1. The van der Waals surface area contributed by atoms with Crippen molar-refractivity contribution in [3.8, 4) is 0 Å². The molecular formula is C18H21BINO5S. The second-order valence-electron chi connectivity index (χ2n) is 6.08. The highest BCUT2D eigenvalue weighted by Crippen LogP contribution is 2.21. The molecular weight excluding hydrogens is 480 g/mol. The summed E-state index contributed by atoms with van der Waals surface area (Å²) in [6, 6.07) is 13.1. The Morgan fingerprint density at radius 2 is 1.48 bits per heavy atom. The molecule has 1 aliphatic heterocycles. The van der Waals surface area contributed by atoms with Crippen LogP contribution in [0.3, 0.4) is 0 Å². The zero-order chi connectivity index (χ0) is 19.9. The van der Waals surface area contributed by atoms with Gasteiger partial charge >= 0.3 is 7.12 Å². The SMILES string of the molecule is O=Cc1ccc(B(O)O)cc1.O=S(=O)(c1ccc(I)cc1)N1CCCCC1. The van der Waals surface area contributed by atoms with Gasteiger partial charge in [-0.1, -0.05) is 30.7 Å². The zero-order valence-electron chi connectivity index (χ0n) is 14.7. The van der Waals surface area contributed by atoms with E-state index in [1.54, 1.807) is 16.4 Å². The Balaban J connectivity index is 0.000000208. The summed E-state index contributed by atoms with van der Waals surface area (Å²) < 4.78 is 27.1. The van der Waals surface area contributed by atoms with Gasteiger partial charge in [-0.2, -0.15) is 4.31 Å². The number of hydrogen-bond acceptors (Lipinski definition) is 5. The molecule has 0 unspecified atom stereocenters. The largest absolute Gasteiger partial charge is 0.488 e. The first-order valence-corrected chi connectivity index (χ1v) is 11.0. The van der Waals surface area contributed by atoms with E-state index in [9.17, 15) is 13.2 Å². The molecule has 2 aromatic carbocycles. The van der Waals surface area contributed by atoms with Gasteiger partial charge in [-0.3, -0.25) is 4.79 Å². The maximum atomic E-state index is 12.2. The average Bonchev–Trinajstić information content (AvgIpc) is 2.69. The molecule has 0 bridgehead atoms. The Bertz CT molecular complexity index is 835. The third-order valence-electron chi connectivity index (χ3n) is 4.14. The lowest BCUT2D eigenvalue weighted by Crippen LogP contribution is -2.35. The number of sulfonamides is 1. The van der Waals surface area contributed by atoms with E-state index in [0.717, 1.165) is 22.8 Å². The van der Waals surface area contributed by atoms with E-state index in [4.69, 9.17) is 10.0 Å². The molecule has 0 aliphatic carbocycles. The summed E-state index contributed by atoms with van der Waals surface area (Å²) in [6.45, 7) is 1.32. The van der Waals surface area contributed by atoms with E-state index in [1.165, 1.54) is 24.3 Å². The monoisotopic (exact) mass is 501 g/mol. The molecule has 6 nitrogen and oxygen atoms in total. The van der Waals surface area contributed by atoms with E-state index < -0.39 is 17.1 Å². The highest BCUT2D eigenvalue weighted by atomic mass is 127. The van der Waals surface area contributed by atoms with Gasteiger partial charge in [0.25, 0.3) is 0 Å². The van der Waals surface area contributed by atoms with Gasteiger partial charge in [0.2, 0.25) is 10.0 Å². The molecule has 144 valence electrons. The van der Waals surface area contributed by atoms with E-state index in [-0.39, 0.29) is 0 Å². The van der Waals surface area contributed by atoms with Crippen LogP contribution in [0.2, 0.25) is 0 Å². The fourth-order valence-electron chi connectivity index (χ4n) is 2.61. The number of carbonyl (C=O) groups is 1. The van der Waals surface area contributed by atoms with E-state index in [0.29, 0.717) is 35.3 Å². The minimum Gasteiger partial charge on any atom is -0.423 e. The fourth-order valence-corrected chi connectivity index (χ4v) is 4.48. The lowest BCUT2D eigenvalue weighted by atomic mass is 9.80. The Morgan fingerprint density at radius 1 is 0.926 bits per heavy atom. The van der Waals surface area contributed by atoms with Crippen molar-refractivity contribution < 1.29 is 23.3 Å². The Morgan fingerprint density at radius 3 is 1.96 bits per heavy atom. The van der Waals surface area contributed by atoms with Crippen LogP contribution in [0, 0.1) is 3.57 Å². The van der Waals surface area contributed by atoms with Crippen molar-refractivity contribution in [2.75, 3.05) is 13.1 Å². The normalized spacial score (nSPS) is 14.8. The second-order valence-corrected chi connectivity index (χ2v) is 9.26. The number of benzene rings is 2. The van der Waals surface area contributed by atoms with Crippen molar-refractivity contribution in [3.63, 3.8) is 0 Å². The first kappa shape index (κ1) is 22.0. The van der Waals surface area contributed by atoms with Crippen molar-refractivity contribution in [1.82, 2.24) is 4.31 Å². The van der Waals surface area contributed by atoms with Crippen molar-refractivity contribution in [1.29, 1.82) is 0 Å². The molecule has 1 aliphatic rings. The van der Waals surface area contributed by atoms with Crippen LogP contribution in [0.25, 0.3) is 0 Å². The summed E-state index contributed by atoms with van der Waals surface area (Å²) in [6.07, 6.45) is 3.79. The second kappa shape index (κ2) is 10.3. The van der Waals surface area contributed by atoms with Crippen molar-refractivity contribution in [2.45, 2.75) is 24.2 Å². The molecule has 0 aromatic heterocycles. The minimum atomic E-state index is -3.25. The van der Waals surface area contributed by atoms with Crippen LogP contribution in [0.5, 0.6) is 0 Å². The summed E-state index contributed by atoms with van der Waals surface area (Å²) in [4.78, 5) is 10.6. The van der Waals surface area contributed by atoms with Gasteiger partial charge < -0.3 is 10.0 Å². The summed E-state index contributed by atoms with van der Waals surface area (Å²) in [5.74, 6) is 0. The van der Waals surface area contributed by atoms with Gasteiger partial charge in [-0.15, -0.1) is 0 Å². The third kappa shape index (κ3) is 6.39.